The van der Waals surface area contributed by atoms with Gasteiger partial charge in [0, 0.05) is 24.8 Å². The Bertz CT molecular complexity index is 252. The molecule has 0 radical (unpaired) electrons. The zero-order valence-corrected chi connectivity index (χ0v) is 19.1. The molecule has 20 heavy (non-hydrogen) atoms. The minimum Gasteiger partial charge on any atom is -0.550 e. The van der Waals surface area contributed by atoms with Crippen molar-refractivity contribution in [3.05, 3.63) is 0 Å². The van der Waals surface area contributed by atoms with Crippen LogP contribution >= 0.6 is 17.0 Å². The fourth-order valence-electron chi connectivity index (χ4n) is 0.684. The molecule has 0 amide bonds. The standard InChI is InChI=1S/C6H8O7.BrH.H3N.3Na.2H2O/c7-3(8)1-6(13,5(11)12)2-4(9)10;;;;;;;/h13H,1-2H2,(H,7,8)(H,9,10)(H,11,12);1H;1H3;;;;2*1H2/q;;;3*+1;;/p-3. The maximum Gasteiger partial charge on any atom is 1.00 e. The number of carbonyl (C=O) groups is 3. The van der Waals surface area contributed by atoms with Gasteiger partial charge < -0.3 is 51.9 Å². The van der Waals surface area contributed by atoms with E-state index >= 15 is 0 Å². The fourth-order valence-corrected chi connectivity index (χ4v) is 0.684. The van der Waals surface area contributed by atoms with Crippen LogP contribution in [0.1, 0.15) is 12.8 Å². The monoisotopic (exact) mass is 391 g/mol. The molecule has 0 aromatic heterocycles. The number of halogens is 1. The molecule has 0 saturated carbocycles. The summed E-state index contributed by atoms with van der Waals surface area (Å²) >= 11 is 0. The third-order valence-corrected chi connectivity index (χ3v) is 1.25. The van der Waals surface area contributed by atoms with E-state index in [1.165, 1.54) is 0 Å². The molecule has 0 fully saturated rings. The summed E-state index contributed by atoms with van der Waals surface area (Å²) in [5.41, 5.74) is -2.97. The quantitative estimate of drug-likeness (QED) is 0.425. The van der Waals surface area contributed by atoms with Gasteiger partial charge in [-0.3, -0.25) is 0 Å². The Labute approximate surface area is 191 Å². The van der Waals surface area contributed by atoms with Gasteiger partial charge in [0.2, 0.25) is 0 Å². The number of carboxylic acid groups (broad SMARTS) is 3. The van der Waals surface area contributed by atoms with Crippen LogP contribution in [0.2, 0.25) is 0 Å². The second-order valence-corrected chi connectivity index (χ2v) is 2.42. The van der Waals surface area contributed by atoms with Crippen LogP contribution in [0, 0.1) is 0 Å². The van der Waals surface area contributed by atoms with Crippen molar-refractivity contribution in [1.29, 1.82) is 0 Å². The maximum absolute atomic E-state index is 10.1. The molecule has 0 rings (SSSR count). The maximum atomic E-state index is 10.1. The van der Waals surface area contributed by atoms with Crippen molar-refractivity contribution in [2.75, 3.05) is 0 Å². The molecule has 0 bridgehead atoms. The van der Waals surface area contributed by atoms with E-state index < -0.39 is 36.4 Å². The van der Waals surface area contributed by atoms with E-state index in [1.54, 1.807) is 0 Å². The molecule has 0 atom stereocenters. The van der Waals surface area contributed by atoms with Crippen molar-refractivity contribution < 1.29 is 134 Å². The van der Waals surface area contributed by atoms with Crippen LogP contribution in [0.3, 0.4) is 0 Å². The van der Waals surface area contributed by atoms with Gasteiger partial charge in [-0.1, -0.05) is 0 Å². The molecule has 0 aliphatic carbocycles. The third kappa shape index (κ3) is 22.0. The van der Waals surface area contributed by atoms with Crippen LogP contribution in [0.15, 0.2) is 0 Å². The minimum atomic E-state index is -2.97. The average Bonchev–Trinajstić information content (AvgIpc) is 1.82. The molecule has 10 nitrogen and oxygen atoms in total. The molecule has 0 aromatic rings. The van der Waals surface area contributed by atoms with Crippen LogP contribution in [-0.2, 0) is 14.4 Å². The largest absolute Gasteiger partial charge is 1.00 e. The zero-order chi connectivity index (χ0) is 10.6. The summed E-state index contributed by atoms with van der Waals surface area (Å²) in [4.78, 5) is 30.0. The van der Waals surface area contributed by atoms with E-state index in [2.05, 4.69) is 0 Å². The molecule has 0 saturated heterocycles. The van der Waals surface area contributed by atoms with Gasteiger partial charge in [-0.2, -0.15) is 0 Å². The summed E-state index contributed by atoms with van der Waals surface area (Å²) in [7, 11) is 0. The fraction of sp³-hybridized carbons (Fsp3) is 0.500. The summed E-state index contributed by atoms with van der Waals surface area (Å²) in [6, 6.07) is 0. The predicted octanol–water partition coefficient (Wildman–Crippen LogP) is -15.2. The number of hydrogen-bond donors (Lipinski definition) is 2. The molecule has 8 N–H and O–H groups in total. The van der Waals surface area contributed by atoms with Crippen molar-refractivity contribution in [3.8, 4) is 0 Å². The van der Waals surface area contributed by atoms with E-state index in [1.807, 2.05) is 0 Å². The van der Waals surface area contributed by atoms with Gasteiger partial charge in [-0.05, 0) is 0 Å². The average molecular weight is 392 g/mol. The Morgan fingerprint density at radius 1 is 0.850 bits per heavy atom. The number of aliphatic hydroxyl groups is 1. The van der Waals surface area contributed by atoms with Gasteiger partial charge >= 0.3 is 88.7 Å². The summed E-state index contributed by atoms with van der Waals surface area (Å²) in [5, 5.41) is 38.9. The van der Waals surface area contributed by atoms with Crippen molar-refractivity contribution in [2.24, 2.45) is 0 Å². The Balaban J connectivity index is -0.0000000343. The minimum absolute atomic E-state index is 0. The van der Waals surface area contributed by atoms with E-state index in [0.29, 0.717) is 0 Å². The third-order valence-electron chi connectivity index (χ3n) is 1.25. The molecular formula is C6H13BrNNa3O9. The zero-order valence-electron chi connectivity index (χ0n) is 11.4. The number of aliphatic carboxylic acids is 3. The predicted molar refractivity (Wildman–Crippen MR) is 51.8 cm³/mol. The summed E-state index contributed by atoms with van der Waals surface area (Å²) in [5.74, 6) is -5.98. The molecule has 14 heteroatoms. The van der Waals surface area contributed by atoms with Crippen molar-refractivity contribution >= 4 is 34.9 Å². The molecule has 0 aliphatic heterocycles. The van der Waals surface area contributed by atoms with Gasteiger partial charge in [0.25, 0.3) is 0 Å². The number of rotatable bonds is 5. The van der Waals surface area contributed by atoms with Crippen molar-refractivity contribution in [3.63, 3.8) is 0 Å². The first-order valence-corrected chi connectivity index (χ1v) is 3.11. The van der Waals surface area contributed by atoms with Gasteiger partial charge in [0.05, 0.1) is 5.97 Å². The van der Waals surface area contributed by atoms with E-state index in [-0.39, 0.29) is 123 Å². The SMILES string of the molecule is Br.N.O.O.O=C([O-])CC(O)(CC(=O)[O-])C(=O)[O-].[Na+].[Na+].[Na+]. The molecule has 0 spiro atoms. The summed E-state index contributed by atoms with van der Waals surface area (Å²) in [6.07, 6.45) is -2.72. The van der Waals surface area contributed by atoms with Gasteiger partial charge in [0.1, 0.15) is 5.60 Å². The molecule has 0 aromatic carbocycles. The number of carboxylic acids is 3. The van der Waals surface area contributed by atoms with Gasteiger partial charge in [-0.25, -0.2) is 0 Å². The van der Waals surface area contributed by atoms with Crippen LogP contribution in [0.5, 0.6) is 0 Å². The number of hydrogen-bond acceptors (Lipinski definition) is 8. The molecule has 0 heterocycles. The van der Waals surface area contributed by atoms with Crippen LogP contribution in [-0.4, -0.2) is 39.6 Å². The molecular weight excluding hydrogens is 379 g/mol. The molecule has 0 unspecified atom stereocenters. The topological polar surface area (TPSA) is 239 Å². The second kappa shape index (κ2) is 23.0. The van der Waals surface area contributed by atoms with E-state index in [0.717, 1.165) is 0 Å². The van der Waals surface area contributed by atoms with E-state index in [4.69, 9.17) is 5.11 Å². The first kappa shape index (κ1) is 49.5. The van der Waals surface area contributed by atoms with Crippen LogP contribution in [0.25, 0.3) is 0 Å². The van der Waals surface area contributed by atoms with Crippen LogP contribution < -0.4 is 110 Å². The molecule has 106 valence electrons. The van der Waals surface area contributed by atoms with E-state index in [9.17, 15) is 29.7 Å². The van der Waals surface area contributed by atoms with Gasteiger partial charge in [-0.15, -0.1) is 17.0 Å². The van der Waals surface area contributed by atoms with Crippen molar-refractivity contribution in [1.82, 2.24) is 6.15 Å². The summed E-state index contributed by atoms with van der Waals surface area (Å²) < 4.78 is 0. The first-order valence-electron chi connectivity index (χ1n) is 3.11. The van der Waals surface area contributed by atoms with Crippen LogP contribution in [0.4, 0.5) is 0 Å². The smallest absolute Gasteiger partial charge is 0.550 e. The first-order chi connectivity index (χ1) is 5.78. The molecule has 0 aliphatic rings. The Kier molecular flexibility index (Phi) is 57.0. The van der Waals surface area contributed by atoms with Crippen molar-refractivity contribution in [2.45, 2.75) is 18.4 Å². The Morgan fingerprint density at radius 3 is 1.15 bits per heavy atom. The Hall–Kier alpha value is 1.73. The Morgan fingerprint density at radius 2 is 1.05 bits per heavy atom. The second-order valence-electron chi connectivity index (χ2n) is 2.42. The normalized spacial score (nSPS) is 7.05. The van der Waals surface area contributed by atoms with Gasteiger partial charge in [0.15, 0.2) is 0 Å². The summed E-state index contributed by atoms with van der Waals surface area (Å²) in [6.45, 7) is 0. The number of carbonyl (C=O) groups excluding carboxylic acids is 3.